The van der Waals surface area contributed by atoms with Crippen LogP contribution in [-0.2, 0) is 0 Å². The van der Waals surface area contributed by atoms with Crippen molar-refractivity contribution in [1.82, 2.24) is 0 Å². The van der Waals surface area contributed by atoms with E-state index in [1.807, 2.05) is 0 Å². The van der Waals surface area contributed by atoms with Crippen LogP contribution in [-0.4, -0.2) is 29.4 Å². The van der Waals surface area contributed by atoms with Crippen molar-refractivity contribution in [2.45, 2.75) is 0 Å². The van der Waals surface area contributed by atoms with Crippen LogP contribution in [0, 0.1) is 0 Å². The molecule has 2 aromatic carbocycles. The molecule has 0 saturated heterocycles. The van der Waals surface area contributed by atoms with Crippen molar-refractivity contribution in [2.75, 3.05) is 11.5 Å². The third-order valence-corrected chi connectivity index (χ3v) is 3.78. The van der Waals surface area contributed by atoms with Gasteiger partial charge in [-0.1, -0.05) is 0 Å². The standard InChI is InChI=1S/C12H18N2O8P2/c13-7-1-3-9(11(5-7)21-23(15,16)17)10-4-2-8(14)6-12(10)22-24(18,19)20/h1-6,15-20,23-24H,13-14H2. The molecule has 2 aromatic rings. The molecule has 0 amide bonds. The number of nitrogen functional groups attached to an aromatic ring is 2. The van der Waals surface area contributed by atoms with Gasteiger partial charge in [-0.3, -0.25) is 0 Å². The van der Waals surface area contributed by atoms with Crippen molar-refractivity contribution in [3.05, 3.63) is 36.4 Å². The van der Waals surface area contributed by atoms with Gasteiger partial charge < -0.3 is 0 Å². The Morgan fingerprint density at radius 1 is 0.625 bits per heavy atom. The monoisotopic (exact) mass is 380 g/mol. The van der Waals surface area contributed by atoms with Crippen molar-refractivity contribution in [3.63, 3.8) is 0 Å². The number of benzene rings is 2. The Kier molecular flexibility index (Phi) is 5.14. The Bertz CT molecular complexity index is 681. The van der Waals surface area contributed by atoms with Gasteiger partial charge in [-0.25, -0.2) is 0 Å². The SMILES string of the molecule is Nc1ccc(-c2ccc(N)cc2O[PH](O)(O)O)c(O[PH](O)(O)O)c1. The van der Waals surface area contributed by atoms with Crippen LogP contribution < -0.4 is 20.5 Å². The quantitative estimate of drug-likeness (QED) is 0.260. The van der Waals surface area contributed by atoms with E-state index < -0.39 is 16.3 Å². The van der Waals surface area contributed by atoms with Crippen LogP contribution in [0.15, 0.2) is 36.4 Å². The van der Waals surface area contributed by atoms with Gasteiger partial charge in [0.05, 0.1) is 0 Å². The summed E-state index contributed by atoms with van der Waals surface area (Å²) in [6.07, 6.45) is 0. The summed E-state index contributed by atoms with van der Waals surface area (Å²) < 4.78 is 9.49. The van der Waals surface area contributed by atoms with Crippen molar-refractivity contribution in [3.8, 4) is 22.6 Å². The number of rotatable bonds is 5. The predicted molar refractivity (Wildman–Crippen MR) is 91.9 cm³/mol. The van der Waals surface area contributed by atoms with Gasteiger partial charge in [0, 0.05) is 0 Å². The molecule has 134 valence electrons. The molecule has 10 N–H and O–H groups in total. The van der Waals surface area contributed by atoms with Crippen molar-refractivity contribution in [1.29, 1.82) is 0 Å². The molecule has 0 aliphatic heterocycles. The zero-order valence-electron chi connectivity index (χ0n) is 12.1. The zero-order valence-corrected chi connectivity index (χ0v) is 14.1. The first-order chi connectivity index (χ1) is 10.9. The summed E-state index contributed by atoms with van der Waals surface area (Å²) in [7, 11) is -9.84. The molecule has 0 aliphatic rings. The van der Waals surface area contributed by atoms with Crippen LogP contribution in [0.1, 0.15) is 0 Å². The van der Waals surface area contributed by atoms with Gasteiger partial charge >= 0.3 is 137 Å². The summed E-state index contributed by atoms with van der Waals surface area (Å²) in [6, 6.07) is 8.19. The van der Waals surface area contributed by atoms with E-state index >= 15 is 0 Å². The first-order valence-electron chi connectivity index (χ1n) is 6.46. The molecule has 0 unspecified atom stereocenters. The molecular weight excluding hydrogens is 362 g/mol. The van der Waals surface area contributed by atoms with Gasteiger partial charge in [0.25, 0.3) is 0 Å². The number of anilines is 2. The Labute approximate surface area is 137 Å². The maximum absolute atomic E-state index is 9.16. The van der Waals surface area contributed by atoms with Gasteiger partial charge in [0.2, 0.25) is 0 Å². The first-order valence-corrected chi connectivity index (χ1v) is 9.96. The zero-order chi connectivity index (χ0) is 18.1. The van der Waals surface area contributed by atoms with Crippen molar-refractivity contribution in [2.24, 2.45) is 0 Å². The fourth-order valence-corrected chi connectivity index (χ4v) is 2.91. The molecule has 10 nitrogen and oxygen atoms in total. The summed E-state index contributed by atoms with van der Waals surface area (Å²) in [4.78, 5) is 54.9. The van der Waals surface area contributed by atoms with Crippen LogP contribution in [0.25, 0.3) is 11.1 Å². The van der Waals surface area contributed by atoms with Gasteiger partial charge in [0.15, 0.2) is 0 Å². The fraction of sp³-hybridized carbons (Fsp3) is 0. The summed E-state index contributed by atoms with van der Waals surface area (Å²) in [5, 5.41) is 0. The fourth-order valence-electron chi connectivity index (χ4n) is 1.99. The molecule has 24 heavy (non-hydrogen) atoms. The average Bonchev–Trinajstić information content (AvgIpc) is 2.36. The summed E-state index contributed by atoms with van der Waals surface area (Å²) in [5.41, 5.74) is 12.0. The molecule has 0 spiro atoms. The Morgan fingerprint density at radius 2 is 0.958 bits per heavy atom. The molecule has 0 radical (unpaired) electrons. The number of hydrogen-bond donors (Lipinski definition) is 8. The third-order valence-electron chi connectivity index (χ3n) is 2.80. The van der Waals surface area contributed by atoms with Crippen LogP contribution >= 0.6 is 16.3 Å². The van der Waals surface area contributed by atoms with Gasteiger partial charge in [-0.2, -0.15) is 0 Å². The molecular formula is C12H18N2O8P2. The summed E-state index contributed by atoms with van der Waals surface area (Å²) in [5.74, 6) is -0.380. The van der Waals surface area contributed by atoms with Gasteiger partial charge in [0.1, 0.15) is 0 Å². The Hall–Kier alpha value is -1.74. The molecule has 0 bridgehead atoms. The topological polar surface area (TPSA) is 192 Å². The van der Waals surface area contributed by atoms with Crippen molar-refractivity contribution >= 4 is 27.7 Å². The third kappa shape index (κ3) is 5.13. The molecule has 12 heteroatoms. The van der Waals surface area contributed by atoms with E-state index in [0.717, 1.165) is 0 Å². The second kappa shape index (κ2) is 6.64. The van der Waals surface area contributed by atoms with Crippen LogP contribution in [0.3, 0.4) is 0 Å². The van der Waals surface area contributed by atoms with Crippen LogP contribution in [0.2, 0.25) is 0 Å². The van der Waals surface area contributed by atoms with E-state index in [0.29, 0.717) is 0 Å². The summed E-state index contributed by atoms with van der Waals surface area (Å²) in [6.45, 7) is 0. The van der Waals surface area contributed by atoms with Crippen molar-refractivity contribution < 1.29 is 38.4 Å². The Morgan fingerprint density at radius 3 is 1.25 bits per heavy atom. The number of hydrogen-bond acceptors (Lipinski definition) is 10. The minimum absolute atomic E-state index is 0.173. The maximum atomic E-state index is 9.16. The normalized spacial score (nSPS) is 13.4. The van der Waals surface area contributed by atoms with Gasteiger partial charge in [-0.15, -0.1) is 0 Å². The molecule has 0 aromatic heterocycles. The minimum atomic E-state index is -4.92. The molecule has 0 saturated carbocycles. The first kappa shape index (κ1) is 18.6. The molecule has 0 heterocycles. The van der Waals surface area contributed by atoms with Crippen LogP contribution in [0.4, 0.5) is 11.4 Å². The predicted octanol–water partition coefficient (Wildman–Crippen LogP) is 0.0492. The van der Waals surface area contributed by atoms with E-state index in [1.165, 1.54) is 36.4 Å². The Balaban J connectivity index is 2.59. The average molecular weight is 380 g/mol. The second-order valence-electron chi connectivity index (χ2n) is 4.86. The molecule has 0 fully saturated rings. The molecule has 0 aliphatic carbocycles. The van der Waals surface area contributed by atoms with E-state index in [2.05, 4.69) is 0 Å². The van der Waals surface area contributed by atoms with Crippen LogP contribution in [0.5, 0.6) is 11.5 Å². The van der Waals surface area contributed by atoms with E-state index in [-0.39, 0.29) is 34.0 Å². The molecule has 0 atom stereocenters. The second-order valence-corrected chi connectivity index (χ2v) is 7.57. The molecule has 2 rings (SSSR count). The van der Waals surface area contributed by atoms with E-state index in [1.54, 1.807) is 0 Å². The van der Waals surface area contributed by atoms with E-state index in [4.69, 9.17) is 49.9 Å². The van der Waals surface area contributed by atoms with Gasteiger partial charge in [-0.05, 0) is 0 Å². The van der Waals surface area contributed by atoms with E-state index in [9.17, 15) is 0 Å². The number of nitrogens with two attached hydrogens (primary N) is 2. The summed E-state index contributed by atoms with van der Waals surface area (Å²) >= 11 is 0.